The van der Waals surface area contributed by atoms with Gasteiger partial charge >= 0.3 is 5.97 Å². The number of carbonyl (C=O) groups excluding carboxylic acids is 2. The maximum Gasteiger partial charge on any atom is 0.338 e. The Morgan fingerprint density at radius 2 is 1.76 bits per heavy atom. The Balaban J connectivity index is 1.59. The van der Waals surface area contributed by atoms with Crippen LogP contribution >= 0.6 is 0 Å². The smallest absolute Gasteiger partial charge is 0.338 e. The number of rotatable bonds is 9. The van der Waals surface area contributed by atoms with Crippen molar-refractivity contribution in [2.75, 3.05) is 20.3 Å². The molecule has 7 nitrogen and oxygen atoms in total. The van der Waals surface area contributed by atoms with E-state index in [0.29, 0.717) is 49.5 Å². The van der Waals surface area contributed by atoms with Gasteiger partial charge in [0.05, 0.1) is 37.1 Å². The molecule has 0 unspecified atom stereocenters. The summed E-state index contributed by atoms with van der Waals surface area (Å²) in [7, 11) is 1.52. The summed E-state index contributed by atoms with van der Waals surface area (Å²) in [4.78, 5) is 24.9. The predicted molar refractivity (Wildman–Crippen MR) is 132 cm³/mol. The average molecular weight is 467 g/mol. The van der Waals surface area contributed by atoms with E-state index in [0.717, 1.165) is 11.3 Å². The zero-order valence-electron chi connectivity index (χ0n) is 20.9. The molecule has 182 valence electrons. The number of benzene rings is 2. The molecule has 2 aromatic carbocycles. The minimum absolute atomic E-state index is 0.0300. The first-order valence-electron chi connectivity index (χ1n) is 11.6. The van der Waals surface area contributed by atoms with Crippen molar-refractivity contribution in [3.8, 4) is 11.5 Å². The van der Waals surface area contributed by atoms with Crippen molar-refractivity contribution in [3.63, 3.8) is 0 Å². The van der Waals surface area contributed by atoms with E-state index in [1.54, 1.807) is 30.1 Å². The zero-order chi connectivity index (χ0) is 24.9. The fourth-order valence-electron chi connectivity index (χ4n) is 4.11. The lowest BCUT2D eigenvalue weighted by atomic mass is 9.93. The third kappa shape index (κ3) is 5.95. The molecule has 34 heavy (non-hydrogen) atoms. The third-order valence-electron chi connectivity index (χ3n) is 5.65. The van der Waals surface area contributed by atoms with E-state index in [-0.39, 0.29) is 11.4 Å². The summed E-state index contributed by atoms with van der Waals surface area (Å²) >= 11 is 0. The minimum Gasteiger partial charge on any atom is -0.493 e. The molecule has 3 rings (SSSR count). The van der Waals surface area contributed by atoms with Crippen LogP contribution in [0.15, 0.2) is 41.5 Å². The molecule has 1 aliphatic heterocycles. The molecule has 0 radical (unpaired) electrons. The van der Waals surface area contributed by atoms with E-state index >= 15 is 0 Å². The van der Waals surface area contributed by atoms with Crippen LogP contribution in [0.4, 0.5) is 0 Å². The van der Waals surface area contributed by atoms with Crippen molar-refractivity contribution in [2.45, 2.75) is 59.4 Å². The van der Waals surface area contributed by atoms with Crippen molar-refractivity contribution >= 4 is 17.6 Å². The molecule has 7 heteroatoms. The number of ether oxygens (including phenoxy) is 3. The van der Waals surface area contributed by atoms with Gasteiger partial charge in [-0.1, -0.05) is 29.3 Å². The topological polar surface area (TPSA) is 77.4 Å². The number of nitrogens with zero attached hydrogens (tertiary/aromatic N) is 2. The molecular formula is C27H34N2O5. The Kier molecular flexibility index (Phi) is 7.97. The molecule has 0 bridgehead atoms. The number of methoxy groups -OCH3 is 1. The van der Waals surface area contributed by atoms with Crippen molar-refractivity contribution in [3.05, 3.63) is 58.7 Å². The molecule has 0 spiro atoms. The lowest BCUT2D eigenvalue weighted by molar-refractivity contribution is -0.135. The van der Waals surface area contributed by atoms with Crippen LogP contribution in [0.5, 0.6) is 11.5 Å². The maximum atomic E-state index is 13.0. The molecule has 0 fully saturated rings. The van der Waals surface area contributed by atoms with Crippen LogP contribution in [0.3, 0.4) is 0 Å². The minimum atomic E-state index is -0.410. The lowest BCUT2D eigenvalue weighted by Crippen LogP contribution is -2.40. The number of esters is 1. The second-order valence-corrected chi connectivity index (χ2v) is 9.16. The van der Waals surface area contributed by atoms with Gasteiger partial charge in [0.25, 0.3) is 0 Å². The summed E-state index contributed by atoms with van der Waals surface area (Å²) in [6.07, 6.45) is 1.56. The molecule has 0 saturated heterocycles. The lowest BCUT2D eigenvalue weighted by Gasteiger charge is -2.28. The third-order valence-corrected chi connectivity index (χ3v) is 5.65. The van der Waals surface area contributed by atoms with Crippen LogP contribution in [0.25, 0.3) is 0 Å². The summed E-state index contributed by atoms with van der Waals surface area (Å²) in [5, 5.41) is 6.31. The van der Waals surface area contributed by atoms with Gasteiger partial charge in [0, 0.05) is 12.8 Å². The van der Waals surface area contributed by atoms with Crippen LogP contribution in [0.2, 0.25) is 0 Å². The Morgan fingerprint density at radius 1 is 1.06 bits per heavy atom. The number of amides is 1. The van der Waals surface area contributed by atoms with Gasteiger partial charge in [0.2, 0.25) is 5.91 Å². The standard InChI is InChI=1S/C27H34N2O5/c1-7-33-26(31)20-10-11-23(24(16-20)32-6)34-12-8-9-25(30)29-27(4,5)17-22(28-29)21-14-18(2)13-19(3)15-21/h10-11,13-16H,7-9,12,17H2,1-6H3. The molecule has 1 aliphatic rings. The molecule has 0 atom stereocenters. The van der Waals surface area contributed by atoms with Crippen molar-refractivity contribution < 1.29 is 23.8 Å². The van der Waals surface area contributed by atoms with Gasteiger partial charge in [-0.2, -0.15) is 5.10 Å². The van der Waals surface area contributed by atoms with Crippen LogP contribution < -0.4 is 9.47 Å². The molecule has 0 N–H and O–H groups in total. The van der Waals surface area contributed by atoms with Crippen molar-refractivity contribution in [2.24, 2.45) is 5.10 Å². The Labute approximate surface area is 201 Å². The number of aryl methyl sites for hydroxylation is 2. The van der Waals surface area contributed by atoms with E-state index in [1.165, 1.54) is 18.2 Å². The van der Waals surface area contributed by atoms with Gasteiger partial charge < -0.3 is 14.2 Å². The largest absolute Gasteiger partial charge is 0.493 e. The number of hydrazone groups is 1. The summed E-state index contributed by atoms with van der Waals surface area (Å²) in [6.45, 7) is 10.6. The highest BCUT2D eigenvalue weighted by atomic mass is 16.5. The van der Waals surface area contributed by atoms with E-state index in [1.807, 2.05) is 13.8 Å². The second kappa shape index (κ2) is 10.7. The fraction of sp³-hybridized carbons (Fsp3) is 0.444. The number of hydrogen-bond acceptors (Lipinski definition) is 6. The van der Waals surface area contributed by atoms with E-state index in [9.17, 15) is 9.59 Å². The molecule has 0 saturated carbocycles. The zero-order valence-corrected chi connectivity index (χ0v) is 20.9. The van der Waals surface area contributed by atoms with E-state index in [2.05, 4.69) is 32.0 Å². The first-order chi connectivity index (χ1) is 16.1. The predicted octanol–water partition coefficient (Wildman–Crippen LogP) is 5.06. The summed E-state index contributed by atoms with van der Waals surface area (Å²) in [6, 6.07) is 11.3. The van der Waals surface area contributed by atoms with Crippen molar-refractivity contribution in [1.82, 2.24) is 5.01 Å². The first-order valence-corrected chi connectivity index (χ1v) is 11.6. The second-order valence-electron chi connectivity index (χ2n) is 9.16. The molecule has 0 aliphatic carbocycles. The van der Waals surface area contributed by atoms with Crippen LogP contribution in [0.1, 0.15) is 67.1 Å². The fourth-order valence-corrected chi connectivity index (χ4v) is 4.11. The van der Waals surface area contributed by atoms with Gasteiger partial charge in [-0.15, -0.1) is 0 Å². The maximum absolute atomic E-state index is 13.0. The Morgan fingerprint density at radius 3 is 2.41 bits per heavy atom. The molecule has 0 aromatic heterocycles. The van der Waals surface area contributed by atoms with Gasteiger partial charge in [-0.3, -0.25) is 4.79 Å². The first kappa shape index (κ1) is 25.3. The van der Waals surface area contributed by atoms with E-state index < -0.39 is 5.97 Å². The van der Waals surface area contributed by atoms with Crippen LogP contribution in [0, 0.1) is 13.8 Å². The molecular weight excluding hydrogens is 432 g/mol. The number of hydrogen-bond donors (Lipinski definition) is 0. The molecule has 1 heterocycles. The van der Waals surface area contributed by atoms with Crippen molar-refractivity contribution in [1.29, 1.82) is 0 Å². The summed E-state index contributed by atoms with van der Waals surface area (Å²) < 4.78 is 16.2. The van der Waals surface area contributed by atoms with Gasteiger partial charge in [-0.05, 0) is 64.8 Å². The summed E-state index contributed by atoms with van der Waals surface area (Å²) in [5.74, 6) is 0.518. The quantitative estimate of drug-likeness (QED) is 0.381. The van der Waals surface area contributed by atoms with Crippen LogP contribution in [-0.4, -0.2) is 48.5 Å². The molecule has 2 aromatic rings. The van der Waals surface area contributed by atoms with Crippen LogP contribution in [-0.2, 0) is 9.53 Å². The number of carbonyl (C=O) groups is 2. The average Bonchev–Trinajstić information content (AvgIpc) is 3.11. The van der Waals surface area contributed by atoms with E-state index in [4.69, 9.17) is 19.3 Å². The Bertz CT molecular complexity index is 1070. The Hall–Kier alpha value is -3.35. The summed E-state index contributed by atoms with van der Waals surface area (Å²) in [5.41, 5.74) is 4.40. The SMILES string of the molecule is CCOC(=O)c1ccc(OCCCC(=O)N2N=C(c3cc(C)cc(C)c3)CC2(C)C)c(OC)c1. The molecule has 1 amide bonds. The van der Waals surface area contributed by atoms with Gasteiger partial charge in [0.15, 0.2) is 11.5 Å². The van der Waals surface area contributed by atoms with Gasteiger partial charge in [0.1, 0.15) is 0 Å². The highest BCUT2D eigenvalue weighted by Gasteiger charge is 2.38. The monoisotopic (exact) mass is 466 g/mol. The highest BCUT2D eigenvalue weighted by molar-refractivity contribution is 6.03. The normalized spacial score (nSPS) is 14.5. The van der Waals surface area contributed by atoms with Gasteiger partial charge in [-0.25, -0.2) is 9.80 Å². The highest BCUT2D eigenvalue weighted by Crippen LogP contribution is 2.31.